The second kappa shape index (κ2) is 4.86. The van der Waals surface area contributed by atoms with Crippen LogP contribution in [0.5, 0.6) is 0 Å². The zero-order valence-electron chi connectivity index (χ0n) is 11.0. The van der Waals surface area contributed by atoms with Crippen LogP contribution in [-0.2, 0) is 0 Å². The summed E-state index contributed by atoms with van der Waals surface area (Å²) in [5.41, 5.74) is 5.88. The SMILES string of the molecule is CC(C)(C)C=C=C[Si](C)(C)c1ccccc1. The molecule has 1 heteroatoms. The van der Waals surface area contributed by atoms with E-state index in [4.69, 9.17) is 0 Å². The molecule has 0 atom stereocenters. The minimum Gasteiger partial charge on any atom is -0.133 e. The second-order valence-electron chi connectivity index (χ2n) is 5.91. The maximum Gasteiger partial charge on any atom is 0.112 e. The van der Waals surface area contributed by atoms with E-state index in [9.17, 15) is 0 Å². The van der Waals surface area contributed by atoms with Gasteiger partial charge in [0.2, 0.25) is 0 Å². The van der Waals surface area contributed by atoms with Crippen LogP contribution in [0, 0.1) is 5.41 Å². The van der Waals surface area contributed by atoms with Gasteiger partial charge in [0.25, 0.3) is 0 Å². The topological polar surface area (TPSA) is 0 Å². The third-order valence-electron chi connectivity index (χ3n) is 2.48. The fraction of sp³-hybridized carbons (Fsp3) is 0.400. The molecule has 0 bridgehead atoms. The first-order valence-corrected chi connectivity index (χ1v) is 8.89. The van der Waals surface area contributed by atoms with E-state index in [1.165, 1.54) is 5.19 Å². The van der Waals surface area contributed by atoms with Crippen LogP contribution < -0.4 is 5.19 Å². The molecular weight excluding hydrogens is 208 g/mol. The Balaban J connectivity index is 2.93. The zero-order valence-corrected chi connectivity index (χ0v) is 12.0. The average Bonchev–Trinajstić information content (AvgIpc) is 2.17. The zero-order chi connectivity index (χ0) is 12.2. The van der Waals surface area contributed by atoms with Crippen molar-refractivity contribution in [2.24, 2.45) is 5.41 Å². The van der Waals surface area contributed by atoms with Crippen LogP contribution in [0.25, 0.3) is 0 Å². The predicted molar refractivity (Wildman–Crippen MR) is 75.7 cm³/mol. The quantitative estimate of drug-likeness (QED) is 0.534. The Hall–Kier alpha value is -1.04. The molecule has 0 aliphatic carbocycles. The first-order valence-electron chi connectivity index (χ1n) is 5.82. The highest BCUT2D eigenvalue weighted by Gasteiger charge is 2.19. The van der Waals surface area contributed by atoms with Crippen LogP contribution in [-0.4, -0.2) is 8.07 Å². The molecule has 0 amide bonds. The summed E-state index contributed by atoms with van der Waals surface area (Å²) in [6.07, 6.45) is 2.16. The fourth-order valence-corrected chi connectivity index (χ4v) is 3.17. The highest BCUT2D eigenvalue weighted by atomic mass is 28.3. The molecule has 0 N–H and O–H groups in total. The van der Waals surface area contributed by atoms with Crippen molar-refractivity contribution in [1.82, 2.24) is 0 Å². The van der Waals surface area contributed by atoms with Crippen molar-refractivity contribution in [2.45, 2.75) is 33.9 Å². The highest BCUT2D eigenvalue weighted by Crippen LogP contribution is 2.14. The van der Waals surface area contributed by atoms with Crippen molar-refractivity contribution in [3.63, 3.8) is 0 Å². The van der Waals surface area contributed by atoms with E-state index >= 15 is 0 Å². The molecular formula is C15H22Si. The van der Waals surface area contributed by atoms with E-state index in [-0.39, 0.29) is 5.41 Å². The molecule has 0 fully saturated rings. The van der Waals surface area contributed by atoms with Crippen molar-refractivity contribution < 1.29 is 0 Å². The van der Waals surface area contributed by atoms with Gasteiger partial charge in [-0.1, -0.05) is 69.4 Å². The van der Waals surface area contributed by atoms with E-state index in [2.05, 4.69) is 81.7 Å². The summed E-state index contributed by atoms with van der Waals surface area (Å²) in [6, 6.07) is 10.8. The van der Waals surface area contributed by atoms with Crippen molar-refractivity contribution in [2.75, 3.05) is 0 Å². The van der Waals surface area contributed by atoms with Crippen LogP contribution in [0.2, 0.25) is 13.1 Å². The number of allylic oxidation sites excluding steroid dienone is 1. The van der Waals surface area contributed by atoms with Crippen molar-refractivity contribution in [3.8, 4) is 0 Å². The molecule has 1 aromatic rings. The van der Waals surface area contributed by atoms with E-state index in [1.54, 1.807) is 0 Å². The lowest BCUT2D eigenvalue weighted by molar-refractivity contribution is 0.545. The van der Waals surface area contributed by atoms with Gasteiger partial charge in [0.05, 0.1) is 0 Å². The molecule has 0 aliphatic rings. The number of hydrogen-bond donors (Lipinski definition) is 0. The maximum absolute atomic E-state index is 3.38. The smallest absolute Gasteiger partial charge is 0.112 e. The van der Waals surface area contributed by atoms with E-state index in [0.29, 0.717) is 0 Å². The van der Waals surface area contributed by atoms with Gasteiger partial charge in [0, 0.05) is 0 Å². The molecule has 0 saturated carbocycles. The van der Waals surface area contributed by atoms with Crippen LogP contribution in [0.4, 0.5) is 0 Å². The summed E-state index contributed by atoms with van der Waals surface area (Å²) in [5.74, 6) is 0. The first kappa shape index (κ1) is 13.0. The standard InChI is InChI=1S/C15H22Si/c1-15(2,3)12-9-13-16(4,5)14-10-7-6-8-11-14/h6-8,10-13H,1-5H3. The van der Waals surface area contributed by atoms with Crippen LogP contribution in [0.3, 0.4) is 0 Å². The van der Waals surface area contributed by atoms with Gasteiger partial charge in [-0.2, -0.15) is 0 Å². The Labute approximate surface area is 101 Å². The lowest BCUT2D eigenvalue weighted by atomic mass is 9.97. The van der Waals surface area contributed by atoms with Gasteiger partial charge in [-0.3, -0.25) is 0 Å². The van der Waals surface area contributed by atoms with Gasteiger partial charge in [-0.25, -0.2) is 0 Å². The predicted octanol–water partition coefficient (Wildman–Crippen LogP) is 3.90. The van der Waals surface area contributed by atoms with Crippen molar-refractivity contribution in [1.29, 1.82) is 0 Å². The van der Waals surface area contributed by atoms with Crippen LogP contribution >= 0.6 is 0 Å². The van der Waals surface area contributed by atoms with Gasteiger partial charge in [0.1, 0.15) is 8.07 Å². The Bertz CT molecular complexity index is 387. The molecule has 0 heterocycles. The van der Waals surface area contributed by atoms with Gasteiger partial charge in [-0.15, -0.1) is 5.73 Å². The van der Waals surface area contributed by atoms with Crippen LogP contribution in [0.15, 0.2) is 47.8 Å². The minimum atomic E-state index is -1.45. The molecule has 1 aromatic carbocycles. The third-order valence-corrected chi connectivity index (χ3v) is 5.19. The molecule has 0 radical (unpaired) electrons. The van der Waals surface area contributed by atoms with Gasteiger partial charge < -0.3 is 0 Å². The molecule has 0 aromatic heterocycles. The lowest BCUT2D eigenvalue weighted by Gasteiger charge is -2.17. The summed E-state index contributed by atoms with van der Waals surface area (Å²) in [6.45, 7) is 11.3. The molecule has 0 aliphatic heterocycles. The second-order valence-corrected chi connectivity index (χ2v) is 10.2. The minimum absolute atomic E-state index is 0.220. The van der Waals surface area contributed by atoms with Gasteiger partial charge >= 0.3 is 0 Å². The Morgan fingerprint density at radius 2 is 1.62 bits per heavy atom. The molecule has 0 saturated heterocycles. The number of benzene rings is 1. The lowest BCUT2D eigenvalue weighted by Crippen LogP contribution is -2.39. The third kappa shape index (κ3) is 4.22. The summed E-state index contributed by atoms with van der Waals surface area (Å²) in [4.78, 5) is 0. The Kier molecular flexibility index (Phi) is 3.96. The fourth-order valence-electron chi connectivity index (χ4n) is 1.45. The van der Waals surface area contributed by atoms with Gasteiger partial charge in [0.15, 0.2) is 0 Å². The van der Waals surface area contributed by atoms with E-state index < -0.39 is 8.07 Å². The molecule has 16 heavy (non-hydrogen) atoms. The van der Waals surface area contributed by atoms with E-state index in [0.717, 1.165) is 0 Å². The molecule has 0 spiro atoms. The molecule has 0 nitrogen and oxygen atoms in total. The largest absolute Gasteiger partial charge is 0.133 e. The van der Waals surface area contributed by atoms with Crippen LogP contribution in [0.1, 0.15) is 20.8 Å². The van der Waals surface area contributed by atoms with Crippen molar-refractivity contribution in [3.05, 3.63) is 47.8 Å². The molecule has 1 rings (SSSR count). The summed E-state index contributed by atoms with van der Waals surface area (Å²) in [7, 11) is -1.45. The average molecular weight is 230 g/mol. The summed E-state index contributed by atoms with van der Waals surface area (Å²) < 4.78 is 0. The summed E-state index contributed by atoms with van der Waals surface area (Å²) >= 11 is 0. The maximum atomic E-state index is 3.38. The van der Waals surface area contributed by atoms with Gasteiger partial charge in [-0.05, 0) is 17.2 Å². The molecule has 86 valence electrons. The molecule has 0 unspecified atom stereocenters. The summed E-state index contributed by atoms with van der Waals surface area (Å²) in [5, 5.41) is 1.46. The first-order chi connectivity index (χ1) is 7.31. The number of hydrogen-bond acceptors (Lipinski definition) is 0. The van der Waals surface area contributed by atoms with Crippen molar-refractivity contribution >= 4 is 13.3 Å². The Morgan fingerprint density at radius 3 is 2.12 bits per heavy atom. The van der Waals surface area contributed by atoms with E-state index in [1.807, 2.05) is 0 Å². The highest BCUT2D eigenvalue weighted by molar-refractivity contribution is 6.93. The Morgan fingerprint density at radius 1 is 1.06 bits per heavy atom. The number of rotatable bonds is 2. The monoisotopic (exact) mass is 230 g/mol. The normalized spacial score (nSPS) is 11.8.